The highest BCUT2D eigenvalue weighted by atomic mass is 79.9. The van der Waals surface area contributed by atoms with Crippen molar-refractivity contribution in [3.63, 3.8) is 0 Å². The molecule has 0 fully saturated rings. The van der Waals surface area contributed by atoms with E-state index in [-0.39, 0.29) is 40.3 Å². The van der Waals surface area contributed by atoms with E-state index in [0.717, 1.165) is 6.07 Å². The van der Waals surface area contributed by atoms with Gasteiger partial charge in [-0.25, -0.2) is 9.37 Å². The highest BCUT2D eigenvalue weighted by Crippen LogP contribution is 2.39. The second kappa shape index (κ2) is 8.97. The fraction of sp³-hybridized carbons (Fsp3) is 0.158. The molecule has 30 heavy (non-hydrogen) atoms. The smallest absolute Gasteiger partial charge is 0.372 e. The van der Waals surface area contributed by atoms with Crippen LogP contribution in [0.25, 0.3) is 5.65 Å². The van der Waals surface area contributed by atoms with Crippen LogP contribution in [0.4, 0.5) is 23.2 Å². The number of nitrogens with one attached hydrogen (secondary N) is 2. The Morgan fingerprint density at radius 2 is 2.10 bits per heavy atom. The maximum atomic E-state index is 14.1. The summed E-state index contributed by atoms with van der Waals surface area (Å²) in [5, 5.41) is 4.96. The first-order chi connectivity index (χ1) is 14.2. The van der Waals surface area contributed by atoms with Gasteiger partial charge in [0.15, 0.2) is 5.65 Å². The lowest BCUT2D eigenvalue weighted by molar-refractivity contribution is -0.0330. The Balaban J connectivity index is 1.82. The van der Waals surface area contributed by atoms with Crippen molar-refractivity contribution in [3.8, 4) is 11.8 Å². The number of imidazole rings is 1. The molecular formula is C19H13BrF4N4OS. The lowest BCUT2D eigenvalue weighted by Gasteiger charge is -2.06. The van der Waals surface area contributed by atoms with Crippen LogP contribution in [0.3, 0.4) is 0 Å². The van der Waals surface area contributed by atoms with E-state index in [2.05, 4.69) is 43.4 Å². The average Bonchev–Trinajstić information content (AvgIpc) is 3.03. The second-order valence-electron chi connectivity index (χ2n) is 5.79. The van der Waals surface area contributed by atoms with Crippen LogP contribution in [-0.4, -0.2) is 34.4 Å². The summed E-state index contributed by atoms with van der Waals surface area (Å²) in [6.45, 7) is -0.0403. The summed E-state index contributed by atoms with van der Waals surface area (Å²) in [6, 6.07) is 7.15. The standard InChI is InChI=1S/C19H13BrF4N4OS/c1-25-17(29)11-6-7-14(13(21)10-11)26-8-2-5-15-18(30-19(22,23)24)28-9-3-4-12(20)16(28)27-15/h3-4,6-7,9-10,26H,8H2,1H3,(H,25,29). The van der Waals surface area contributed by atoms with Crippen molar-refractivity contribution in [3.05, 3.63) is 58.1 Å². The van der Waals surface area contributed by atoms with E-state index in [0.29, 0.717) is 10.1 Å². The molecule has 1 aromatic carbocycles. The fourth-order valence-corrected chi connectivity index (χ4v) is 3.60. The average molecular weight is 501 g/mol. The molecule has 0 aliphatic rings. The van der Waals surface area contributed by atoms with Gasteiger partial charge in [-0.3, -0.25) is 9.20 Å². The molecule has 3 rings (SSSR count). The van der Waals surface area contributed by atoms with Gasteiger partial charge in [-0.1, -0.05) is 5.92 Å². The number of carbonyl (C=O) groups is 1. The molecule has 0 radical (unpaired) electrons. The van der Waals surface area contributed by atoms with Gasteiger partial charge in [0.25, 0.3) is 5.91 Å². The molecule has 156 valence electrons. The molecule has 0 aliphatic heterocycles. The third kappa shape index (κ3) is 5.06. The summed E-state index contributed by atoms with van der Waals surface area (Å²) < 4.78 is 54.8. The first kappa shape index (κ1) is 22.0. The van der Waals surface area contributed by atoms with Crippen molar-refractivity contribution in [1.82, 2.24) is 14.7 Å². The van der Waals surface area contributed by atoms with Gasteiger partial charge in [0.1, 0.15) is 16.5 Å². The molecule has 2 aromatic heterocycles. The number of halogens is 5. The largest absolute Gasteiger partial charge is 0.447 e. The number of benzene rings is 1. The zero-order valence-electron chi connectivity index (χ0n) is 15.3. The molecule has 2 heterocycles. The van der Waals surface area contributed by atoms with Crippen molar-refractivity contribution in [2.45, 2.75) is 10.5 Å². The highest BCUT2D eigenvalue weighted by molar-refractivity contribution is 9.10. The third-order valence-electron chi connectivity index (χ3n) is 3.80. The number of hydrogen-bond acceptors (Lipinski definition) is 4. The first-order valence-electron chi connectivity index (χ1n) is 8.36. The number of carbonyl (C=O) groups excluding carboxylic acids is 1. The van der Waals surface area contributed by atoms with Gasteiger partial charge in [0.2, 0.25) is 0 Å². The summed E-state index contributed by atoms with van der Waals surface area (Å²) in [5.41, 5.74) is -3.98. The number of nitrogens with zero attached hydrogens (tertiary/aromatic N) is 2. The third-order valence-corrected chi connectivity index (χ3v) is 5.24. The Morgan fingerprint density at radius 3 is 2.77 bits per heavy atom. The normalized spacial score (nSPS) is 11.1. The highest BCUT2D eigenvalue weighted by Gasteiger charge is 2.33. The van der Waals surface area contributed by atoms with Gasteiger partial charge >= 0.3 is 5.51 Å². The second-order valence-corrected chi connectivity index (χ2v) is 7.70. The Labute approximate surface area is 181 Å². The van der Waals surface area contributed by atoms with Gasteiger partial charge in [-0.2, -0.15) is 13.2 Å². The minimum atomic E-state index is -4.51. The lowest BCUT2D eigenvalue weighted by Crippen LogP contribution is -2.18. The van der Waals surface area contributed by atoms with Crippen LogP contribution < -0.4 is 10.6 Å². The predicted molar refractivity (Wildman–Crippen MR) is 110 cm³/mol. The van der Waals surface area contributed by atoms with Crippen LogP contribution in [0, 0.1) is 17.7 Å². The molecule has 0 spiro atoms. The van der Waals surface area contributed by atoms with Gasteiger partial charge in [-0.15, -0.1) is 0 Å². The van der Waals surface area contributed by atoms with Crippen molar-refractivity contribution in [2.75, 3.05) is 18.9 Å². The fourth-order valence-electron chi connectivity index (χ4n) is 2.51. The zero-order valence-corrected chi connectivity index (χ0v) is 17.7. The Hall–Kier alpha value is -2.71. The number of thioether (sulfide) groups is 1. The van der Waals surface area contributed by atoms with Crippen molar-refractivity contribution < 1.29 is 22.4 Å². The summed E-state index contributed by atoms with van der Waals surface area (Å²) in [6.07, 6.45) is 1.47. The number of alkyl halides is 3. The summed E-state index contributed by atoms with van der Waals surface area (Å²) in [4.78, 5) is 15.7. The molecule has 3 aromatic rings. The van der Waals surface area contributed by atoms with Gasteiger partial charge in [-0.05, 0) is 52.2 Å². The molecule has 0 saturated heterocycles. The Morgan fingerprint density at radius 1 is 1.33 bits per heavy atom. The number of fused-ring (bicyclic) bond motifs is 1. The summed E-state index contributed by atoms with van der Waals surface area (Å²) in [5.74, 6) is 4.19. The van der Waals surface area contributed by atoms with Crippen molar-refractivity contribution in [1.29, 1.82) is 0 Å². The van der Waals surface area contributed by atoms with E-state index in [1.165, 1.54) is 29.8 Å². The van der Waals surface area contributed by atoms with Crippen LogP contribution in [0.1, 0.15) is 16.1 Å². The van der Waals surface area contributed by atoms with Crippen LogP contribution in [0.15, 0.2) is 46.0 Å². The zero-order chi connectivity index (χ0) is 21.9. The maximum Gasteiger partial charge on any atom is 0.447 e. The monoisotopic (exact) mass is 500 g/mol. The van der Waals surface area contributed by atoms with Gasteiger partial charge < -0.3 is 10.6 Å². The molecule has 2 N–H and O–H groups in total. The molecule has 0 bridgehead atoms. The van der Waals surface area contributed by atoms with E-state index < -0.39 is 17.2 Å². The lowest BCUT2D eigenvalue weighted by atomic mass is 10.2. The van der Waals surface area contributed by atoms with Gasteiger partial charge in [0, 0.05) is 30.6 Å². The number of anilines is 1. The molecule has 0 atom stereocenters. The number of aromatic nitrogens is 2. The number of pyridine rings is 1. The molecular weight excluding hydrogens is 488 g/mol. The molecule has 11 heteroatoms. The van der Waals surface area contributed by atoms with Crippen LogP contribution in [0.2, 0.25) is 0 Å². The van der Waals surface area contributed by atoms with E-state index >= 15 is 0 Å². The number of rotatable bonds is 4. The predicted octanol–water partition coefficient (Wildman–Crippen LogP) is 4.67. The number of amides is 1. The number of hydrogen-bond donors (Lipinski definition) is 2. The summed E-state index contributed by atoms with van der Waals surface area (Å²) >= 11 is 2.96. The minimum absolute atomic E-state index is 0.0403. The Kier molecular flexibility index (Phi) is 6.58. The van der Waals surface area contributed by atoms with E-state index in [1.54, 1.807) is 12.1 Å². The topological polar surface area (TPSA) is 58.4 Å². The summed E-state index contributed by atoms with van der Waals surface area (Å²) in [7, 11) is 1.44. The van der Waals surface area contributed by atoms with Crippen molar-refractivity contribution >= 4 is 44.9 Å². The van der Waals surface area contributed by atoms with E-state index in [9.17, 15) is 22.4 Å². The molecule has 0 unspecified atom stereocenters. The van der Waals surface area contributed by atoms with Crippen LogP contribution >= 0.6 is 27.7 Å². The quantitative estimate of drug-likeness (QED) is 0.310. The Bertz CT molecular complexity index is 1170. The molecule has 0 saturated carbocycles. The van der Waals surface area contributed by atoms with Crippen LogP contribution in [0.5, 0.6) is 0 Å². The first-order valence-corrected chi connectivity index (χ1v) is 9.97. The minimum Gasteiger partial charge on any atom is -0.372 e. The van der Waals surface area contributed by atoms with E-state index in [4.69, 9.17) is 0 Å². The van der Waals surface area contributed by atoms with Gasteiger partial charge in [0.05, 0.1) is 16.7 Å². The maximum absolute atomic E-state index is 14.1. The molecule has 5 nitrogen and oxygen atoms in total. The van der Waals surface area contributed by atoms with Crippen LogP contribution in [-0.2, 0) is 0 Å². The SMILES string of the molecule is CNC(=O)c1ccc(NCC#Cc2nc3c(Br)cccn3c2SC(F)(F)F)c(F)c1. The van der Waals surface area contributed by atoms with E-state index in [1.807, 2.05) is 0 Å². The van der Waals surface area contributed by atoms with Crippen molar-refractivity contribution in [2.24, 2.45) is 0 Å². The molecule has 1 amide bonds. The molecule has 0 aliphatic carbocycles.